The third kappa shape index (κ3) is 3.92. The second-order valence-electron chi connectivity index (χ2n) is 7.68. The third-order valence-corrected chi connectivity index (χ3v) is 10.3. The maximum absolute atomic E-state index is 11.1. The predicted molar refractivity (Wildman–Crippen MR) is 100 cm³/mol. The van der Waals surface area contributed by atoms with Crippen molar-refractivity contribution in [3.8, 4) is 5.75 Å². The van der Waals surface area contributed by atoms with Gasteiger partial charge in [-0.3, -0.25) is 15.1 Å². The molecule has 0 bridgehead atoms. The van der Waals surface area contributed by atoms with Crippen molar-refractivity contribution in [2.24, 2.45) is 0 Å². The van der Waals surface area contributed by atoms with Crippen molar-refractivity contribution < 1.29 is 9.66 Å². The average Bonchev–Trinajstić information content (AvgIpc) is 2.50. The molecule has 24 heavy (non-hydrogen) atoms. The van der Waals surface area contributed by atoms with Crippen molar-refractivity contribution in [3.05, 3.63) is 47.0 Å². The summed E-state index contributed by atoms with van der Waals surface area (Å²) in [5, 5.41) is 12.0. The molecule has 6 heteroatoms. The number of nitro benzene ring substituents is 1. The zero-order valence-electron chi connectivity index (χ0n) is 15.0. The summed E-state index contributed by atoms with van der Waals surface area (Å²) in [6, 6.07) is 7.57. The van der Waals surface area contributed by atoms with Gasteiger partial charge in [0.15, 0.2) is 0 Å². The Balaban J connectivity index is 2.09. The van der Waals surface area contributed by atoms with E-state index in [1.165, 1.54) is 6.07 Å². The number of benzene rings is 1. The number of hydrogen-bond acceptors (Lipinski definition) is 4. The van der Waals surface area contributed by atoms with E-state index in [1.54, 1.807) is 24.4 Å². The van der Waals surface area contributed by atoms with Gasteiger partial charge in [-0.05, 0) is 29.7 Å². The lowest BCUT2D eigenvalue weighted by Crippen LogP contribution is -2.37. The van der Waals surface area contributed by atoms with Gasteiger partial charge in [0.25, 0.3) is 5.69 Å². The van der Waals surface area contributed by atoms with Crippen LogP contribution in [0.15, 0.2) is 30.5 Å². The summed E-state index contributed by atoms with van der Waals surface area (Å²) in [5.74, 6) is 0.586. The first kappa shape index (κ1) is 18.4. The van der Waals surface area contributed by atoms with Gasteiger partial charge < -0.3 is 4.74 Å². The van der Waals surface area contributed by atoms with Gasteiger partial charge in [-0.15, -0.1) is 0 Å². The first-order valence-electron chi connectivity index (χ1n) is 8.10. The van der Waals surface area contributed by atoms with Crippen LogP contribution in [0.5, 0.6) is 5.75 Å². The highest BCUT2D eigenvalue weighted by atomic mass is 28.3. The summed E-state index contributed by atoms with van der Waals surface area (Å²) < 4.78 is 5.84. The highest BCUT2D eigenvalue weighted by Gasteiger charge is 2.34. The fraction of sp³-hybridized carbons (Fsp3) is 0.444. The topological polar surface area (TPSA) is 65.3 Å². The number of non-ortho nitro benzene ring substituents is 1. The van der Waals surface area contributed by atoms with Crippen LogP contribution in [0.25, 0.3) is 10.9 Å². The molecular weight excluding hydrogens is 320 g/mol. The molecule has 0 amide bonds. The Morgan fingerprint density at radius 2 is 2.00 bits per heavy atom. The largest absolute Gasteiger partial charge is 0.491 e. The van der Waals surface area contributed by atoms with E-state index in [9.17, 15) is 10.1 Å². The van der Waals surface area contributed by atoms with E-state index in [1.807, 2.05) is 0 Å². The summed E-state index contributed by atoms with van der Waals surface area (Å²) in [6.07, 6.45) is 3.80. The van der Waals surface area contributed by atoms with Crippen LogP contribution in [0, 0.1) is 16.5 Å². The first-order chi connectivity index (χ1) is 11.1. The molecule has 0 unspecified atom stereocenters. The Labute approximate surface area is 144 Å². The number of fused-ring (bicyclic) bond motifs is 1. The van der Waals surface area contributed by atoms with Crippen LogP contribution in [0.4, 0.5) is 5.69 Å². The zero-order chi connectivity index (χ0) is 18.0. The van der Waals surface area contributed by atoms with Crippen molar-refractivity contribution in [1.29, 1.82) is 0 Å². The minimum absolute atomic E-state index is 0.0516. The molecule has 2 aromatic rings. The van der Waals surface area contributed by atoms with E-state index < -0.39 is 13.0 Å². The lowest BCUT2D eigenvalue weighted by Gasteiger charge is -2.37. The van der Waals surface area contributed by atoms with Crippen LogP contribution < -0.4 is 4.74 Å². The summed E-state index contributed by atoms with van der Waals surface area (Å²) in [6.45, 7) is 12.1. The van der Waals surface area contributed by atoms with Crippen LogP contribution in [-0.2, 0) is 0 Å². The lowest BCUT2D eigenvalue weighted by atomic mass is 10.1. The predicted octanol–water partition coefficient (Wildman–Crippen LogP) is 5.23. The Morgan fingerprint density at radius 3 is 2.62 bits per heavy atom. The summed E-state index contributed by atoms with van der Waals surface area (Å²) in [5.41, 5.74) is 0.586. The molecular formula is C18H25N2O3Si. The Bertz CT molecular complexity index is 739. The number of ether oxygens (including phenoxy) is 1. The van der Waals surface area contributed by atoms with E-state index in [-0.39, 0.29) is 5.69 Å². The van der Waals surface area contributed by atoms with Gasteiger partial charge in [0.2, 0.25) is 0 Å². The molecule has 1 radical (unpaired) electrons. The van der Waals surface area contributed by atoms with E-state index in [0.29, 0.717) is 28.3 Å². The van der Waals surface area contributed by atoms with Gasteiger partial charge in [-0.25, -0.2) is 0 Å². The standard InChI is InChI=1S/C18H25N2O3Si/c1-18(2,3)24(4,5)13-7-12-23-16-10-9-15(20(21)22)14-8-6-11-19-17(14)16/h6-11H,12-13H2,1-5H3. The number of hydrogen-bond donors (Lipinski definition) is 0. The Morgan fingerprint density at radius 1 is 1.29 bits per heavy atom. The number of aromatic nitrogens is 1. The van der Waals surface area contributed by atoms with Crippen LogP contribution >= 0.6 is 0 Å². The highest BCUT2D eigenvalue weighted by Crippen LogP contribution is 2.39. The quantitative estimate of drug-likeness (QED) is 0.311. The molecule has 0 saturated carbocycles. The highest BCUT2D eigenvalue weighted by molar-refractivity contribution is 6.80. The number of rotatable bonds is 6. The molecule has 0 atom stereocenters. The van der Waals surface area contributed by atoms with E-state index >= 15 is 0 Å². The fourth-order valence-corrected chi connectivity index (χ4v) is 3.73. The van der Waals surface area contributed by atoms with Gasteiger partial charge in [0.05, 0.1) is 25.0 Å². The SMILES string of the molecule is CC(C)(C)[Si](C)(C)C[CH]COc1ccc([N+](=O)[O-])c2cccnc12. The molecule has 0 aliphatic rings. The molecule has 0 N–H and O–H groups in total. The molecule has 1 aromatic carbocycles. The molecule has 2 rings (SSSR count). The van der Waals surface area contributed by atoms with E-state index in [0.717, 1.165) is 6.04 Å². The van der Waals surface area contributed by atoms with Crippen molar-refractivity contribution in [1.82, 2.24) is 4.98 Å². The van der Waals surface area contributed by atoms with Gasteiger partial charge in [-0.1, -0.05) is 39.9 Å². The third-order valence-electron chi connectivity index (χ3n) is 4.95. The molecule has 0 saturated heterocycles. The van der Waals surface area contributed by atoms with Crippen LogP contribution in [0.2, 0.25) is 24.2 Å². The summed E-state index contributed by atoms with van der Waals surface area (Å²) in [4.78, 5) is 15.0. The van der Waals surface area contributed by atoms with Crippen LogP contribution in [0.3, 0.4) is 0 Å². The van der Waals surface area contributed by atoms with Gasteiger partial charge >= 0.3 is 0 Å². The second kappa shape index (κ2) is 6.89. The molecule has 0 aliphatic heterocycles. The smallest absolute Gasteiger partial charge is 0.279 e. The molecule has 1 aromatic heterocycles. The van der Waals surface area contributed by atoms with Gasteiger partial charge in [0, 0.05) is 12.3 Å². The van der Waals surface area contributed by atoms with Crippen molar-refractivity contribution in [3.63, 3.8) is 0 Å². The number of nitrogens with zero attached hydrogens (tertiary/aromatic N) is 2. The second-order valence-corrected chi connectivity index (χ2v) is 13.4. The summed E-state index contributed by atoms with van der Waals surface area (Å²) >= 11 is 0. The summed E-state index contributed by atoms with van der Waals surface area (Å²) in [7, 11) is -1.36. The van der Waals surface area contributed by atoms with Crippen molar-refractivity contribution >= 4 is 24.7 Å². The average molecular weight is 345 g/mol. The maximum atomic E-state index is 11.1. The monoisotopic (exact) mass is 345 g/mol. The Hall–Kier alpha value is -1.95. The van der Waals surface area contributed by atoms with Gasteiger partial charge in [0.1, 0.15) is 11.3 Å². The molecule has 0 aliphatic carbocycles. The number of nitro groups is 1. The molecule has 1 heterocycles. The minimum atomic E-state index is -1.36. The minimum Gasteiger partial charge on any atom is -0.491 e. The van der Waals surface area contributed by atoms with Crippen LogP contribution in [0.1, 0.15) is 20.8 Å². The molecule has 129 valence electrons. The van der Waals surface area contributed by atoms with E-state index in [2.05, 4.69) is 45.3 Å². The van der Waals surface area contributed by atoms with Crippen LogP contribution in [-0.4, -0.2) is 24.6 Å². The van der Waals surface area contributed by atoms with Gasteiger partial charge in [-0.2, -0.15) is 0 Å². The van der Waals surface area contributed by atoms with Crippen molar-refractivity contribution in [2.75, 3.05) is 6.61 Å². The molecule has 0 fully saturated rings. The number of pyridine rings is 1. The zero-order valence-corrected chi connectivity index (χ0v) is 16.0. The molecule has 0 spiro atoms. The Kier molecular flexibility index (Phi) is 5.28. The molecule has 5 nitrogen and oxygen atoms in total. The normalized spacial score (nSPS) is 12.4. The first-order valence-corrected chi connectivity index (χ1v) is 11.3. The van der Waals surface area contributed by atoms with Crippen molar-refractivity contribution in [2.45, 2.75) is 44.9 Å². The maximum Gasteiger partial charge on any atom is 0.279 e. The lowest BCUT2D eigenvalue weighted by molar-refractivity contribution is -0.383. The van der Waals surface area contributed by atoms with E-state index in [4.69, 9.17) is 4.74 Å². The fourth-order valence-electron chi connectivity index (χ4n) is 2.28.